The lowest BCUT2D eigenvalue weighted by Crippen LogP contribution is -2.41. The second-order valence-electron chi connectivity index (χ2n) is 6.67. The summed E-state index contributed by atoms with van der Waals surface area (Å²) in [5, 5.41) is 9.03. The van der Waals surface area contributed by atoms with Crippen molar-refractivity contribution in [3.05, 3.63) is 35.1 Å². The summed E-state index contributed by atoms with van der Waals surface area (Å²) < 4.78 is 36.7. The van der Waals surface area contributed by atoms with Gasteiger partial charge in [-0.2, -0.15) is 0 Å². The van der Waals surface area contributed by atoms with E-state index in [0.29, 0.717) is 36.7 Å². The van der Waals surface area contributed by atoms with Crippen molar-refractivity contribution in [2.45, 2.75) is 32.1 Å². The van der Waals surface area contributed by atoms with Crippen LogP contribution in [-0.4, -0.2) is 46.2 Å². The summed E-state index contributed by atoms with van der Waals surface area (Å²) in [6, 6.07) is 4.04. The fourth-order valence-corrected chi connectivity index (χ4v) is 3.37. The third-order valence-electron chi connectivity index (χ3n) is 4.00. The molecule has 1 aliphatic carbocycles. The van der Waals surface area contributed by atoms with Gasteiger partial charge in [-0.3, -0.25) is 4.79 Å². The molecule has 0 unspecified atom stereocenters. The zero-order chi connectivity index (χ0) is 19.9. The minimum Gasteiger partial charge on any atom is -0.357 e. The second kappa shape index (κ2) is 11.5. The number of amides is 1. The Kier molecular flexibility index (Phi) is 10.1. The van der Waals surface area contributed by atoms with Crippen LogP contribution in [0, 0.1) is 11.7 Å². The first-order chi connectivity index (χ1) is 12.8. The number of guanidine groups is 1. The molecule has 0 aromatic heterocycles. The van der Waals surface area contributed by atoms with E-state index in [1.165, 1.54) is 18.2 Å². The average Bonchev–Trinajstić information content (AvgIpc) is 3.42. The molecule has 158 valence electrons. The Bertz CT molecular complexity index is 798. The Morgan fingerprint density at radius 2 is 1.86 bits per heavy atom. The molecule has 10 heteroatoms. The van der Waals surface area contributed by atoms with Crippen LogP contribution in [0.15, 0.2) is 23.2 Å². The van der Waals surface area contributed by atoms with Gasteiger partial charge in [0.15, 0.2) is 15.8 Å². The van der Waals surface area contributed by atoms with Gasteiger partial charge in [0.05, 0.1) is 12.3 Å². The normalized spacial score (nSPS) is 14.2. The van der Waals surface area contributed by atoms with Crippen LogP contribution in [0.3, 0.4) is 0 Å². The molecular weight excluding hydrogens is 498 g/mol. The van der Waals surface area contributed by atoms with Crippen molar-refractivity contribution in [1.29, 1.82) is 0 Å². The number of rotatable bonds is 9. The van der Waals surface area contributed by atoms with Crippen molar-refractivity contribution in [3.8, 4) is 0 Å². The fourth-order valence-electron chi connectivity index (χ4n) is 2.53. The van der Waals surface area contributed by atoms with E-state index in [9.17, 15) is 17.6 Å². The summed E-state index contributed by atoms with van der Waals surface area (Å²) in [6.07, 6.45) is 3.07. The molecule has 0 saturated heterocycles. The van der Waals surface area contributed by atoms with E-state index >= 15 is 0 Å². The standard InChI is InChI=1S/C18H27FN4O3S.HI/c1-3-20-18(22-9-8-21-17(24)13-4-5-13)23-11-15-10-16(19)7-6-14(15)12-27(2,25)26;/h6-7,10,13H,3-5,8-9,11-12H2,1-2H3,(H,21,24)(H2,20,22,23);1H. The van der Waals surface area contributed by atoms with Crippen molar-refractivity contribution in [3.63, 3.8) is 0 Å². The highest BCUT2D eigenvalue weighted by Crippen LogP contribution is 2.28. The van der Waals surface area contributed by atoms with E-state index < -0.39 is 15.7 Å². The molecule has 0 spiro atoms. The van der Waals surface area contributed by atoms with E-state index in [-0.39, 0.29) is 48.1 Å². The summed E-state index contributed by atoms with van der Waals surface area (Å²) in [7, 11) is -3.23. The minimum absolute atomic E-state index is 0. The predicted octanol–water partition coefficient (Wildman–Crippen LogP) is 1.57. The maximum Gasteiger partial charge on any atom is 0.223 e. The molecule has 1 aliphatic rings. The summed E-state index contributed by atoms with van der Waals surface area (Å²) in [5.74, 6) is 0.193. The zero-order valence-electron chi connectivity index (χ0n) is 16.1. The highest BCUT2D eigenvalue weighted by atomic mass is 127. The van der Waals surface area contributed by atoms with Crippen molar-refractivity contribution < 1.29 is 17.6 Å². The number of carbonyl (C=O) groups is 1. The maximum absolute atomic E-state index is 13.6. The second-order valence-corrected chi connectivity index (χ2v) is 8.81. The molecule has 0 aliphatic heterocycles. The first-order valence-electron chi connectivity index (χ1n) is 9.03. The van der Waals surface area contributed by atoms with E-state index in [1.807, 2.05) is 6.92 Å². The van der Waals surface area contributed by atoms with E-state index in [2.05, 4.69) is 20.9 Å². The quantitative estimate of drug-likeness (QED) is 0.197. The third-order valence-corrected chi connectivity index (χ3v) is 4.84. The highest BCUT2D eigenvalue weighted by Gasteiger charge is 2.28. The van der Waals surface area contributed by atoms with E-state index in [0.717, 1.165) is 19.1 Å². The Morgan fingerprint density at radius 1 is 1.18 bits per heavy atom. The van der Waals surface area contributed by atoms with Gasteiger partial charge in [0.25, 0.3) is 0 Å². The molecule has 28 heavy (non-hydrogen) atoms. The lowest BCUT2D eigenvalue weighted by Gasteiger charge is -2.13. The number of aliphatic imine (C=N–C) groups is 1. The van der Waals surface area contributed by atoms with Crippen LogP contribution < -0.4 is 16.0 Å². The van der Waals surface area contributed by atoms with Crippen molar-refractivity contribution in [2.75, 3.05) is 25.9 Å². The van der Waals surface area contributed by atoms with Gasteiger partial charge < -0.3 is 16.0 Å². The molecule has 1 fully saturated rings. The van der Waals surface area contributed by atoms with Gasteiger partial charge >= 0.3 is 0 Å². The highest BCUT2D eigenvalue weighted by molar-refractivity contribution is 14.0. The molecule has 1 aromatic rings. The average molecular weight is 526 g/mol. The molecule has 1 amide bonds. The predicted molar refractivity (Wildman–Crippen MR) is 119 cm³/mol. The van der Waals surface area contributed by atoms with Crippen LogP contribution in [-0.2, 0) is 26.9 Å². The van der Waals surface area contributed by atoms with Crippen LogP contribution in [0.25, 0.3) is 0 Å². The van der Waals surface area contributed by atoms with E-state index in [4.69, 9.17) is 0 Å². The smallest absolute Gasteiger partial charge is 0.223 e. The van der Waals surface area contributed by atoms with Crippen molar-refractivity contribution >= 4 is 45.7 Å². The van der Waals surface area contributed by atoms with Crippen molar-refractivity contribution in [1.82, 2.24) is 16.0 Å². The monoisotopic (exact) mass is 526 g/mol. The van der Waals surface area contributed by atoms with E-state index in [1.54, 1.807) is 0 Å². The number of sulfone groups is 1. The molecule has 7 nitrogen and oxygen atoms in total. The molecule has 0 bridgehead atoms. The Morgan fingerprint density at radius 3 is 2.46 bits per heavy atom. The molecule has 3 N–H and O–H groups in total. The van der Waals surface area contributed by atoms with Crippen LogP contribution in [0.4, 0.5) is 4.39 Å². The number of nitrogens with one attached hydrogen (secondary N) is 3. The minimum atomic E-state index is -3.23. The van der Waals surface area contributed by atoms with Gasteiger partial charge in [-0.25, -0.2) is 17.8 Å². The van der Waals surface area contributed by atoms with Crippen LogP contribution in [0.2, 0.25) is 0 Å². The number of carbonyl (C=O) groups excluding carboxylic acids is 1. The summed E-state index contributed by atoms with van der Waals surface area (Å²) in [4.78, 5) is 16.0. The van der Waals surface area contributed by atoms with Crippen molar-refractivity contribution in [2.24, 2.45) is 10.9 Å². The van der Waals surface area contributed by atoms with Gasteiger partial charge in [0.1, 0.15) is 5.82 Å². The molecule has 1 aromatic carbocycles. The van der Waals surface area contributed by atoms with Gasteiger partial charge in [0, 0.05) is 31.8 Å². The summed E-state index contributed by atoms with van der Waals surface area (Å²) in [6.45, 7) is 3.69. The topological polar surface area (TPSA) is 99.7 Å². The maximum atomic E-state index is 13.6. The lowest BCUT2D eigenvalue weighted by atomic mass is 10.1. The Labute approximate surface area is 182 Å². The molecule has 0 atom stereocenters. The summed E-state index contributed by atoms with van der Waals surface area (Å²) in [5.41, 5.74) is 1.06. The SMILES string of the molecule is CCNC(=NCc1cc(F)ccc1CS(C)(=O)=O)NCCNC(=O)C1CC1.I. The van der Waals surface area contributed by atoms with Crippen LogP contribution >= 0.6 is 24.0 Å². The number of benzene rings is 1. The number of hydrogen-bond donors (Lipinski definition) is 3. The number of hydrogen-bond acceptors (Lipinski definition) is 4. The third kappa shape index (κ3) is 9.18. The van der Waals surface area contributed by atoms with Gasteiger partial charge in [-0.1, -0.05) is 6.07 Å². The number of halogens is 2. The first-order valence-corrected chi connectivity index (χ1v) is 11.1. The molecule has 0 heterocycles. The molecule has 1 saturated carbocycles. The lowest BCUT2D eigenvalue weighted by molar-refractivity contribution is -0.122. The fraction of sp³-hybridized carbons (Fsp3) is 0.556. The number of nitrogens with zero attached hydrogens (tertiary/aromatic N) is 1. The van der Waals surface area contributed by atoms with Gasteiger partial charge in [0.2, 0.25) is 5.91 Å². The molecule has 2 rings (SSSR count). The first kappa shape index (κ1) is 24.6. The summed E-state index contributed by atoms with van der Waals surface area (Å²) >= 11 is 0. The molecule has 0 radical (unpaired) electrons. The Balaban J connectivity index is 0.00000392. The van der Waals surface area contributed by atoms with Gasteiger partial charge in [-0.15, -0.1) is 24.0 Å². The van der Waals surface area contributed by atoms with Crippen LogP contribution in [0.5, 0.6) is 0 Å². The van der Waals surface area contributed by atoms with Gasteiger partial charge in [-0.05, 0) is 43.0 Å². The largest absolute Gasteiger partial charge is 0.357 e. The molecular formula is C18H28FIN4O3S. The Hall–Kier alpha value is -1.43. The zero-order valence-corrected chi connectivity index (χ0v) is 19.3. The van der Waals surface area contributed by atoms with Crippen LogP contribution in [0.1, 0.15) is 30.9 Å².